The van der Waals surface area contributed by atoms with Crippen molar-refractivity contribution in [1.29, 1.82) is 0 Å². The molecule has 0 aliphatic carbocycles. The average Bonchev–Trinajstić information content (AvgIpc) is 3.23. The molecule has 1 aliphatic rings. The maximum Gasteiger partial charge on any atom is 0.297 e. The van der Waals surface area contributed by atoms with E-state index in [9.17, 15) is 9.59 Å². The molecule has 2 aromatic carbocycles. The van der Waals surface area contributed by atoms with Crippen LogP contribution in [0.15, 0.2) is 71.4 Å². The van der Waals surface area contributed by atoms with Crippen LogP contribution in [0.2, 0.25) is 0 Å². The topological polar surface area (TPSA) is 66.7 Å². The van der Waals surface area contributed by atoms with E-state index in [0.717, 1.165) is 16.9 Å². The van der Waals surface area contributed by atoms with Crippen LogP contribution < -0.4 is 9.80 Å². The van der Waals surface area contributed by atoms with E-state index in [1.54, 1.807) is 17.9 Å². The number of rotatable bonds is 3. The SMILES string of the molecule is CC(=O)N(c1ccccc1)[C@H]1C[C@@H](C)N(C(=O)c2ccno2)c2ccccc21. The Bertz CT molecular complexity index is 985. The summed E-state index contributed by atoms with van der Waals surface area (Å²) in [7, 11) is 0. The quantitative estimate of drug-likeness (QED) is 0.688. The van der Waals surface area contributed by atoms with Crippen LogP contribution in [-0.2, 0) is 4.79 Å². The molecular formula is C22H21N3O3. The van der Waals surface area contributed by atoms with Crippen molar-refractivity contribution in [3.63, 3.8) is 0 Å². The highest BCUT2D eigenvalue weighted by Crippen LogP contribution is 2.42. The minimum atomic E-state index is -0.231. The zero-order valence-electron chi connectivity index (χ0n) is 15.8. The van der Waals surface area contributed by atoms with Gasteiger partial charge in [-0.2, -0.15) is 0 Å². The first-order valence-electron chi connectivity index (χ1n) is 9.26. The normalized spacial score (nSPS) is 18.4. The predicted molar refractivity (Wildman–Crippen MR) is 106 cm³/mol. The van der Waals surface area contributed by atoms with Gasteiger partial charge in [-0.05, 0) is 37.1 Å². The minimum Gasteiger partial charge on any atom is -0.351 e. The summed E-state index contributed by atoms with van der Waals surface area (Å²) in [5, 5.41) is 3.65. The van der Waals surface area contributed by atoms with Gasteiger partial charge in [0.2, 0.25) is 11.7 Å². The largest absolute Gasteiger partial charge is 0.351 e. The van der Waals surface area contributed by atoms with Crippen molar-refractivity contribution < 1.29 is 14.1 Å². The number of anilines is 2. The van der Waals surface area contributed by atoms with E-state index >= 15 is 0 Å². The lowest BCUT2D eigenvalue weighted by Gasteiger charge is -2.43. The second-order valence-electron chi connectivity index (χ2n) is 6.94. The van der Waals surface area contributed by atoms with Crippen molar-refractivity contribution in [2.75, 3.05) is 9.80 Å². The Balaban J connectivity index is 1.79. The summed E-state index contributed by atoms with van der Waals surface area (Å²) in [6, 6.07) is 18.6. The van der Waals surface area contributed by atoms with Gasteiger partial charge in [-0.25, -0.2) is 0 Å². The Morgan fingerprint density at radius 3 is 2.46 bits per heavy atom. The van der Waals surface area contributed by atoms with Crippen LogP contribution in [-0.4, -0.2) is 23.0 Å². The van der Waals surface area contributed by atoms with Crippen LogP contribution in [0.5, 0.6) is 0 Å². The number of fused-ring (bicyclic) bond motifs is 1. The number of carbonyl (C=O) groups is 2. The van der Waals surface area contributed by atoms with E-state index in [0.29, 0.717) is 6.42 Å². The van der Waals surface area contributed by atoms with E-state index in [1.165, 1.54) is 6.20 Å². The van der Waals surface area contributed by atoms with Gasteiger partial charge in [-0.15, -0.1) is 0 Å². The fourth-order valence-corrected chi connectivity index (χ4v) is 3.95. The maximum absolute atomic E-state index is 13.0. The lowest BCUT2D eigenvalue weighted by Crippen LogP contribution is -2.47. The summed E-state index contributed by atoms with van der Waals surface area (Å²) >= 11 is 0. The molecule has 0 unspecified atom stereocenters. The van der Waals surface area contributed by atoms with Crippen molar-refractivity contribution in [3.05, 3.63) is 78.2 Å². The van der Waals surface area contributed by atoms with Crippen LogP contribution in [0, 0.1) is 0 Å². The zero-order chi connectivity index (χ0) is 19.7. The zero-order valence-corrected chi connectivity index (χ0v) is 15.8. The molecule has 2 heterocycles. The second-order valence-corrected chi connectivity index (χ2v) is 6.94. The number of para-hydroxylation sites is 2. The van der Waals surface area contributed by atoms with Crippen molar-refractivity contribution in [3.8, 4) is 0 Å². The molecule has 6 nitrogen and oxygen atoms in total. The first-order chi connectivity index (χ1) is 13.6. The number of hydrogen-bond acceptors (Lipinski definition) is 4. The van der Waals surface area contributed by atoms with Crippen LogP contribution in [0.1, 0.15) is 42.4 Å². The molecule has 0 saturated heterocycles. The molecule has 4 rings (SSSR count). The average molecular weight is 375 g/mol. The van der Waals surface area contributed by atoms with Gasteiger partial charge < -0.3 is 14.3 Å². The molecule has 142 valence electrons. The lowest BCUT2D eigenvalue weighted by molar-refractivity contribution is -0.117. The van der Waals surface area contributed by atoms with Crippen molar-refractivity contribution in [2.24, 2.45) is 0 Å². The molecule has 28 heavy (non-hydrogen) atoms. The third kappa shape index (κ3) is 3.07. The molecule has 1 aliphatic heterocycles. The maximum atomic E-state index is 13.0. The minimum absolute atomic E-state index is 0.0341. The number of nitrogens with zero attached hydrogens (tertiary/aromatic N) is 3. The van der Waals surface area contributed by atoms with Crippen LogP contribution in [0.25, 0.3) is 0 Å². The monoisotopic (exact) mass is 375 g/mol. The van der Waals surface area contributed by atoms with Gasteiger partial charge in [0.05, 0.1) is 12.2 Å². The van der Waals surface area contributed by atoms with Crippen molar-refractivity contribution in [1.82, 2.24) is 5.16 Å². The number of hydrogen-bond donors (Lipinski definition) is 0. The van der Waals surface area contributed by atoms with Gasteiger partial charge in [0, 0.05) is 30.4 Å². The molecule has 2 amide bonds. The number of aromatic nitrogens is 1. The van der Waals surface area contributed by atoms with E-state index in [1.807, 2.05) is 66.4 Å². The molecule has 2 atom stereocenters. The molecule has 0 spiro atoms. The van der Waals surface area contributed by atoms with Gasteiger partial charge in [0.15, 0.2) is 0 Å². The van der Waals surface area contributed by atoms with Gasteiger partial charge in [-0.3, -0.25) is 9.59 Å². The van der Waals surface area contributed by atoms with Crippen LogP contribution >= 0.6 is 0 Å². The Labute approximate surface area is 163 Å². The smallest absolute Gasteiger partial charge is 0.297 e. The number of amides is 2. The molecule has 1 aromatic heterocycles. The highest BCUT2D eigenvalue weighted by atomic mass is 16.5. The fourth-order valence-electron chi connectivity index (χ4n) is 3.95. The van der Waals surface area contributed by atoms with Crippen molar-refractivity contribution >= 4 is 23.2 Å². The Morgan fingerprint density at radius 2 is 1.79 bits per heavy atom. The van der Waals surface area contributed by atoms with E-state index in [-0.39, 0.29) is 29.7 Å². The first-order valence-corrected chi connectivity index (χ1v) is 9.26. The van der Waals surface area contributed by atoms with Gasteiger partial charge in [-0.1, -0.05) is 41.6 Å². The van der Waals surface area contributed by atoms with E-state index in [4.69, 9.17) is 4.52 Å². The van der Waals surface area contributed by atoms with Crippen molar-refractivity contribution in [2.45, 2.75) is 32.4 Å². The predicted octanol–water partition coefficient (Wildman–Crippen LogP) is 4.21. The van der Waals surface area contributed by atoms with Gasteiger partial charge in [0.1, 0.15) is 0 Å². The molecule has 0 N–H and O–H groups in total. The summed E-state index contributed by atoms with van der Waals surface area (Å²) in [4.78, 5) is 29.2. The van der Waals surface area contributed by atoms with Crippen LogP contribution in [0.3, 0.4) is 0 Å². The third-order valence-corrected chi connectivity index (χ3v) is 5.11. The van der Waals surface area contributed by atoms with E-state index in [2.05, 4.69) is 5.16 Å². The van der Waals surface area contributed by atoms with E-state index < -0.39 is 0 Å². The molecule has 0 saturated carbocycles. The third-order valence-electron chi connectivity index (χ3n) is 5.11. The molecule has 3 aromatic rings. The highest BCUT2D eigenvalue weighted by molar-refractivity contribution is 6.05. The Morgan fingerprint density at radius 1 is 1.07 bits per heavy atom. The lowest BCUT2D eigenvalue weighted by atomic mass is 9.89. The molecule has 0 bridgehead atoms. The molecular weight excluding hydrogens is 354 g/mol. The first kappa shape index (κ1) is 18.0. The summed E-state index contributed by atoms with van der Waals surface area (Å²) < 4.78 is 5.09. The Hall–Kier alpha value is -3.41. The summed E-state index contributed by atoms with van der Waals surface area (Å²) in [5.41, 5.74) is 2.57. The van der Waals surface area contributed by atoms with Gasteiger partial charge in [0.25, 0.3) is 5.91 Å². The standard InChI is InChI=1S/C22H21N3O3/c1-15-14-20(25(16(2)26)17-8-4-3-5-9-17)18-10-6-7-11-19(18)24(15)22(27)21-12-13-23-28-21/h3-13,15,20H,14H2,1-2H3/t15-,20+/m1/s1. The fraction of sp³-hybridized carbons (Fsp3) is 0.227. The van der Waals surface area contributed by atoms with Gasteiger partial charge >= 0.3 is 0 Å². The summed E-state index contributed by atoms with van der Waals surface area (Å²) in [5.74, 6) is -0.0650. The summed E-state index contributed by atoms with van der Waals surface area (Å²) in [6.07, 6.45) is 2.08. The summed E-state index contributed by atoms with van der Waals surface area (Å²) in [6.45, 7) is 3.56. The number of carbonyl (C=O) groups excluding carboxylic acids is 2. The second kappa shape index (κ2) is 7.31. The molecule has 6 heteroatoms. The molecule has 0 fully saturated rings. The Kier molecular flexibility index (Phi) is 4.69. The molecule has 0 radical (unpaired) electrons. The number of benzene rings is 2. The van der Waals surface area contributed by atoms with Crippen LogP contribution in [0.4, 0.5) is 11.4 Å². The highest BCUT2D eigenvalue weighted by Gasteiger charge is 2.38.